The molecule has 1 fully saturated rings. The number of thiazole rings is 1. The lowest BCUT2D eigenvalue weighted by molar-refractivity contribution is -0.119. The summed E-state index contributed by atoms with van der Waals surface area (Å²) < 4.78 is 0. The number of carbonyl (C=O) groups excluding carboxylic acids is 1. The highest BCUT2D eigenvalue weighted by Gasteiger charge is 2.28. The molecular formula is C15H17Cl2N3OS. The molecule has 1 amide bonds. The standard InChI is InChI=1S/C15H16ClN3OS.ClH/c16-12-4-2-1-3-11(12)13-8-21-15(18-13)19-14(20)9-5-6-10(17)7-9;/h1-4,8-10H,5-7,17H2,(H,18,19,20);1H. The van der Waals surface area contributed by atoms with Crippen LogP contribution in [0, 0.1) is 5.92 Å². The Morgan fingerprint density at radius 1 is 1.36 bits per heavy atom. The zero-order chi connectivity index (χ0) is 14.8. The highest BCUT2D eigenvalue weighted by molar-refractivity contribution is 7.14. The van der Waals surface area contributed by atoms with Crippen LogP contribution in [-0.2, 0) is 4.79 Å². The van der Waals surface area contributed by atoms with Crippen LogP contribution in [0.2, 0.25) is 5.02 Å². The molecule has 2 unspecified atom stereocenters. The van der Waals surface area contributed by atoms with Gasteiger partial charge in [-0.25, -0.2) is 4.98 Å². The second-order valence-corrected chi connectivity index (χ2v) is 6.54. The van der Waals surface area contributed by atoms with Crippen molar-refractivity contribution in [2.24, 2.45) is 11.7 Å². The summed E-state index contributed by atoms with van der Waals surface area (Å²) in [6.45, 7) is 0. The van der Waals surface area contributed by atoms with Gasteiger partial charge in [0.25, 0.3) is 0 Å². The minimum absolute atomic E-state index is 0. The number of aromatic nitrogens is 1. The number of hydrogen-bond donors (Lipinski definition) is 2. The van der Waals surface area contributed by atoms with Crippen molar-refractivity contribution in [1.29, 1.82) is 0 Å². The number of halogens is 2. The molecule has 2 aromatic rings. The van der Waals surface area contributed by atoms with Crippen LogP contribution in [-0.4, -0.2) is 16.9 Å². The van der Waals surface area contributed by atoms with E-state index in [0.29, 0.717) is 10.2 Å². The van der Waals surface area contributed by atoms with Crippen molar-refractivity contribution in [3.05, 3.63) is 34.7 Å². The van der Waals surface area contributed by atoms with Gasteiger partial charge < -0.3 is 11.1 Å². The summed E-state index contributed by atoms with van der Waals surface area (Å²) >= 11 is 7.56. The molecule has 118 valence electrons. The molecule has 1 aromatic carbocycles. The number of amides is 1. The third kappa shape index (κ3) is 3.79. The Labute approximate surface area is 144 Å². The summed E-state index contributed by atoms with van der Waals surface area (Å²) in [6, 6.07) is 7.69. The Bertz CT molecular complexity index is 662. The van der Waals surface area contributed by atoms with Crippen molar-refractivity contribution in [1.82, 2.24) is 4.98 Å². The lowest BCUT2D eigenvalue weighted by atomic mass is 10.1. The molecule has 0 spiro atoms. The van der Waals surface area contributed by atoms with Crippen LogP contribution in [0.25, 0.3) is 11.3 Å². The monoisotopic (exact) mass is 357 g/mol. The molecule has 22 heavy (non-hydrogen) atoms. The molecule has 3 rings (SSSR count). The molecule has 3 N–H and O–H groups in total. The van der Waals surface area contributed by atoms with Gasteiger partial charge in [0.1, 0.15) is 0 Å². The van der Waals surface area contributed by atoms with E-state index >= 15 is 0 Å². The predicted molar refractivity (Wildman–Crippen MR) is 93.8 cm³/mol. The highest BCUT2D eigenvalue weighted by Crippen LogP contribution is 2.31. The van der Waals surface area contributed by atoms with Crippen molar-refractivity contribution >= 4 is 46.4 Å². The first-order valence-corrected chi connectivity index (χ1v) is 8.16. The van der Waals surface area contributed by atoms with E-state index in [1.807, 2.05) is 29.6 Å². The molecule has 1 aliphatic rings. The largest absolute Gasteiger partial charge is 0.328 e. The van der Waals surface area contributed by atoms with Gasteiger partial charge in [-0.15, -0.1) is 23.7 Å². The fraction of sp³-hybridized carbons (Fsp3) is 0.333. The lowest BCUT2D eigenvalue weighted by Crippen LogP contribution is -2.23. The van der Waals surface area contributed by atoms with Gasteiger partial charge in [0.15, 0.2) is 5.13 Å². The van der Waals surface area contributed by atoms with Crippen LogP contribution in [0.15, 0.2) is 29.6 Å². The van der Waals surface area contributed by atoms with Crippen molar-refractivity contribution in [2.45, 2.75) is 25.3 Å². The maximum atomic E-state index is 12.1. The Morgan fingerprint density at radius 2 is 2.14 bits per heavy atom. The maximum absolute atomic E-state index is 12.1. The van der Waals surface area contributed by atoms with Crippen molar-refractivity contribution in [2.75, 3.05) is 5.32 Å². The van der Waals surface area contributed by atoms with E-state index in [9.17, 15) is 4.79 Å². The van der Waals surface area contributed by atoms with E-state index in [-0.39, 0.29) is 30.3 Å². The molecule has 1 heterocycles. The minimum atomic E-state index is 0. The van der Waals surface area contributed by atoms with Gasteiger partial charge in [-0.2, -0.15) is 0 Å². The SMILES string of the molecule is Cl.NC1CCC(C(=O)Nc2nc(-c3ccccc3Cl)cs2)C1. The van der Waals surface area contributed by atoms with E-state index in [4.69, 9.17) is 17.3 Å². The van der Waals surface area contributed by atoms with Crippen LogP contribution in [0.4, 0.5) is 5.13 Å². The Kier molecular flexibility index (Phi) is 5.81. The number of anilines is 1. The van der Waals surface area contributed by atoms with Gasteiger partial charge in [0.05, 0.1) is 5.69 Å². The number of nitrogens with zero attached hydrogens (tertiary/aromatic N) is 1. The van der Waals surface area contributed by atoms with E-state index in [2.05, 4.69) is 10.3 Å². The molecule has 4 nitrogen and oxygen atoms in total. The van der Waals surface area contributed by atoms with Crippen LogP contribution < -0.4 is 11.1 Å². The van der Waals surface area contributed by atoms with E-state index in [1.54, 1.807) is 0 Å². The smallest absolute Gasteiger partial charge is 0.229 e. The first-order chi connectivity index (χ1) is 10.1. The molecule has 0 bridgehead atoms. The van der Waals surface area contributed by atoms with Crippen molar-refractivity contribution in [3.8, 4) is 11.3 Å². The number of rotatable bonds is 3. The summed E-state index contributed by atoms with van der Waals surface area (Å²) in [5.41, 5.74) is 7.50. The summed E-state index contributed by atoms with van der Waals surface area (Å²) in [4.78, 5) is 16.6. The van der Waals surface area contributed by atoms with Gasteiger partial charge in [-0.1, -0.05) is 29.8 Å². The lowest BCUT2D eigenvalue weighted by Gasteiger charge is -2.08. The number of nitrogens with one attached hydrogen (secondary N) is 1. The third-order valence-corrected chi connectivity index (χ3v) is 4.82. The second kappa shape index (κ2) is 7.42. The first kappa shape index (κ1) is 17.2. The molecule has 7 heteroatoms. The maximum Gasteiger partial charge on any atom is 0.229 e. The van der Waals surface area contributed by atoms with Crippen LogP contribution in [0.1, 0.15) is 19.3 Å². The Balaban J connectivity index is 0.00000176. The predicted octanol–water partition coefficient (Wildman–Crippen LogP) is 3.95. The van der Waals surface area contributed by atoms with Crippen molar-refractivity contribution in [3.63, 3.8) is 0 Å². The van der Waals surface area contributed by atoms with E-state index < -0.39 is 0 Å². The normalized spacial score (nSPS) is 20.5. The summed E-state index contributed by atoms with van der Waals surface area (Å²) in [5.74, 6) is 0.0238. The topological polar surface area (TPSA) is 68.0 Å². The molecule has 2 atom stereocenters. The average Bonchev–Trinajstić information content (AvgIpc) is 3.08. The molecule has 0 saturated heterocycles. The zero-order valence-corrected chi connectivity index (χ0v) is 14.2. The van der Waals surface area contributed by atoms with Crippen LogP contribution in [0.3, 0.4) is 0 Å². The van der Waals surface area contributed by atoms with Gasteiger partial charge in [-0.05, 0) is 25.3 Å². The fourth-order valence-corrected chi connectivity index (χ4v) is 3.53. The van der Waals surface area contributed by atoms with Gasteiger partial charge in [0, 0.05) is 27.9 Å². The Hall–Kier alpha value is -1.14. The molecule has 0 radical (unpaired) electrons. The molecule has 1 aromatic heterocycles. The minimum Gasteiger partial charge on any atom is -0.328 e. The molecule has 0 aliphatic heterocycles. The van der Waals surface area contributed by atoms with E-state index in [0.717, 1.165) is 30.5 Å². The number of benzene rings is 1. The Morgan fingerprint density at radius 3 is 2.82 bits per heavy atom. The van der Waals surface area contributed by atoms with Gasteiger partial charge in [-0.3, -0.25) is 4.79 Å². The quantitative estimate of drug-likeness (QED) is 0.873. The van der Waals surface area contributed by atoms with Gasteiger partial charge >= 0.3 is 0 Å². The third-order valence-electron chi connectivity index (χ3n) is 3.73. The summed E-state index contributed by atoms with van der Waals surface area (Å²) in [7, 11) is 0. The second-order valence-electron chi connectivity index (χ2n) is 5.28. The fourth-order valence-electron chi connectivity index (χ4n) is 2.59. The average molecular weight is 358 g/mol. The summed E-state index contributed by atoms with van der Waals surface area (Å²) in [5, 5.41) is 6.05. The first-order valence-electron chi connectivity index (χ1n) is 6.90. The van der Waals surface area contributed by atoms with Crippen LogP contribution >= 0.6 is 35.3 Å². The highest BCUT2D eigenvalue weighted by atomic mass is 35.5. The number of carbonyl (C=O) groups is 1. The molecule has 1 aliphatic carbocycles. The summed E-state index contributed by atoms with van der Waals surface area (Å²) in [6.07, 6.45) is 2.53. The molecule has 1 saturated carbocycles. The number of nitrogens with two attached hydrogens (primary N) is 1. The van der Waals surface area contributed by atoms with Gasteiger partial charge in [0.2, 0.25) is 5.91 Å². The molecular weight excluding hydrogens is 341 g/mol. The van der Waals surface area contributed by atoms with Crippen molar-refractivity contribution < 1.29 is 4.79 Å². The van der Waals surface area contributed by atoms with E-state index in [1.165, 1.54) is 11.3 Å². The zero-order valence-electron chi connectivity index (χ0n) is 11.8. The van der Waals surface area contributed by atoms with Crippen LogP contribution in [0.5, 0.6) is 0 Å². The number of hydrogen-bond acceptors (Lipinski definition) is 4.